The fraction of sp³-hybridized carbons (Fsp3) is 0.176. The third-order valence-corrected chi connectivity index (χ3v) is 3.24. The Labute approximate surface area is 157 Å². The second-order valence-corrected chi connectivity index (χ2v) is 5.13. The second-order valence-electron chi connectivity index (χ2n) is 5.13. The highest BCUT2D eigenvalue weighted by molar-refractivity contribution is 5.90. The smallest absolute Gasteiger partial charge is 0.419 e. The van der Waals surface area contributed by atoms with Gasteiger partial charge in [0.2, 0.25) is 0 Å². The predicted molar refractivity (Wildman–Crippen MR) is 81.1 cm³/mol. The highest BCUT2D eigenvalue weighted by Crippen LogP contribution is 2.33. The Morgan fingerprint density at radius 1 is 0.793 bits per heavy atom. The Morgan fingerprint density at radius 2 is 1.17 bits per heavy atom. The van der Waals surface area contributed by atoms with Gasteiger partial charge in [-0.05, 0) is 24.3 Å². The number of esters is 1. The lowest BCUT2D eigenvalue weighted by atomic mass is 10.1. The van der Waals surface area contributed by atoms with Crippen molar-refractivity contribution < 1.29 is 54.6 Å². The van der Waals surface area contributed by atoms with Crippen molar-refractivity contribution in [2.75, 3.05) is 7.11 Å². The molecule has 0 saturated heterocycles. The van der Waals surface area contributed by atoms with Gasteiger partial charge in [-0.1, -0.05) is 12.1 Å². The van der Waals surface area contributed by atoms with E-state index in [9.17, 15) is 44.7 Å². The summed E-state index contributed by atoms with van der Waals surface area (Å²) in [5.41, 5.74) is -4.77. The minimum Gasteiger partial charge on any atom is -0.478 e. The molecule has 158 valence electrons. The zero-order valence-corrected chi connectivity index (χ0v) is 14.2. The Balaban J connectivity index is 0.000000291. The fourth-order valence-corrected chi connectivity index (χ4v) is 1.93. The van der Waals surface area contributed by atoms with Gasteiger partial charge >= 0.3 is 24.3 Å². The first kappa shape index (κ1) is 23.9. The van der Waals surface area contributed by atoms with E-state index in [-0.39, 0.29) is 0 Å². The lowest BCUT2D eigenvalue weighted by Crippen LogP contribution is -2.13. The van der Waals surface area contributed by atoms with Gasteiger partial charge in [-0.15, -0.1) is 0 Å². The van der Waals surface area contributed by atoms with E-state index in [1.807, 2.05) is 0 Å². The van der Waals surface area contributed by atoms with Crippen molar-refractivity contribution in [2.24, 2.45) is 0 Å². The van der Waals surface area contributed by atoms with Crippen molar-refractivity contribution in [3.63, 3.8) is 0 Å². The molecular formula is C17H10F8O4. The molecule has 0 unspecified atom stereocenters. The van der Waals surface area contributed by atoms with Crippen LogP contribution in [0.4, 0.5) is 35.1 Å². The summed E-state index contributed by atoms with van der Waals surface area (Å²) in [5, 5.41) is 8.35. The maximum Gasteiger partial charge on any atom is 0.419 e. The summed E-state index contributed by atoms with van der Waals surface area (Å²) in [4.78, 5) is 21.2. The number of alkyl halides is 6. The van der Waals surface area contributed by atoms with Gasteiger partial charge in [-0.3, -0.25) is 0 Å². The van der Waals surface area contributed by atoms with Crippen LogP contribution in [-0.2, 0) is 17.1 Å². The molecule has 0 spiro atoms. The zero-order valence-electron chi connectivity index (χ0n) is 14.2. The van der Waals surface area contributed by atoms with Crippen LogP contribution in [0, 0.1) is 11.6 Å². The van der Waals surface area contributed by atoms with E-state index in [2.05, 4.69) is 4.74 Å². The van der Waals surface area contributed by atoms with Crippen molar-refractivity contribution in [2.45, 2.75) is 12.4 Å². The quantitative estimate of drug-likeness (QED) is 0.527. The molecule has 0 aromatic heterocycles. The van der Waals surface area contributed by atoms with Gasteiger partial charge in [0.25, 0.3) is 0 Å². The van der Waals surface area contributed by atoms with Crippen LogP contribution in [0.25, 0.3) is 0 Å². The van der Waals surface area contributed by atoms with Crippen LogP contribution in [0.5, 0.6) is 0 Å². The molecule has 12 heteroatoms. The Morgan fingerprint density at radius 3 is 1.52 bits per heavy atom. The average molecular weight is 430 g/mol. The van der Waals surface area contributed by atoms with Gasteiger partial charge in [0.1, 0.15) is 11.6 Å². The molecule has 2 aromatic rings. The zero-order chi connectivity index (χ0) is 22.6. The first-order chi connectivity index (χ1) is 13.2. The van der Waals surface area contributed by atoms with Gasteiger partial charge in [0.05, 0.1) is 29.4 Å². The number of ether oxygens (including phenoxy) is 1. The number of hydrogen-bond donors (Lipinski definition) is 1. The Kier molecular flexibility index (Phi) is 7.31. The van der Waals surface area contributed by atoms with E-state index >= 15 is 0 Å². The third-order valence-electron chi connectivity index (χ3n) is 3.24. The molecule has 0 heterocycles. The van der Waals surface area contributed by atoms with Crippen LogP contribution in [0.2, 0.25) is 0 Å². The number of aromatic carboxylic acids is 1. The van der Waals surface area contributed by atoms with E-state index in [1.165, 1.54) is 0 Å². The molecule has 0 amide bonds. The van der Waals surface area contributed by atoms with Crippen molar-refractivity contribution in [1.29, 1.82) is 0 Å². The largest absolute Gasteiger partial charge is 0.478 e. The van der Waals surface area contributed by atoms with Crippen LogP contribution in [0.1, 0.15) is 31.8 Å². The maximum absolute atomic E-state index is 13.2. The van der Waals surface area contributed by atoms with Crippen molar-refractivity contribution in [3.05, 3.63) is 70.3 Å². The van der Waals surface area contributed by atoms with Crippen molar-refractivity contribution in [3.8, 4) is 0 Å². The number of carbonyl (C=O) groups excluding carboxylic acids is 1. The fourth-order valence-electron chi connectivity index (χ4n) is 1.93. The van der Waals surface area contributed by atoms with Gasteiger partial charge in [-0.2, -0.15) is 26.3 Å². The third kappa shape index (κ3) is 5.90. The van der Waals surface area contributed by atoms with Crippen molar-refractivity contribution >= 4 is 11.9 Å². The normalized spacial score (nSPS) is 11.3. The van der Waals surface area contributed by atoms with Gasteiger partial charge < -0.3 is 9.84 Å². The minimum atomic E-state index is -4.88. The number of halogens is 8. The predicted octanol–water partition coefficient (Wildman–Crippen LogP) is 5.17. The molecule has 1 N–H and O–H groups in total. The van der Waals surface area contributed by atoms with Crippen LogP contribution in [0.3, 0.4) is 0 Å². The molecule has 2 rings (SSSR count). The number of carboxylic acid groups (broad SMARTS) is 1. The second kappa shape index (κ2) is 8.88. The van der Waals surface area contributed by atoms with Crippen LogP contribution >= 0.6 is 0 Å². The summed E-state index contributed by atoms with van der Waals surface area (Å²) in [5.74, 6) is -6.24. The molecule has 0 radical (unpaired) electrons. The van der Waals surface area contributed by atoms with Crippen molar-refractivity contribution in [1.82, 2.24) is 0 Å². The van der Waals surface area contributed by atoms with E-state index in [0.29, 0.717) is 12.1 Å². The molecule has 0 aliphatic carbocycles. The number of methoxy groups -OCH3 is 1. The lowest BCUT2D eigenvalue weighted by molar-refractivity contribution is -0.140. The van der Waals surface area contributed by atoms with E-state index in [4.69, 9.17) is 5.11 Å². The Bertz CT molecular complexity index is 903. The molecule has 0 aliphatic heterocycles. The SMILES string of the molecule is COC(=O)c1cccc(C(F)(F)F)c1F.O=C(O)c1cccc(C(F)(F)F)c1F. The number of carboxylic acids is 1. The molecule has 0 fully saturated rings. The monoisotopic (exact) mass is 430 g/mol. The molecule has 0 bridgehead atoms. The number of benzene rings is 2. The summed E-state index contributed by atoms with van der Waals surface area (Å²) < 4.78 is 103. The lowest BCUT2D eigenvalue weighted by Gasteiger charge is -2.09. The van der Waals surface area contributed by atoms with Gasteiger partial charge in [0, 0.05) is 0 Å². The molecule has 0 aliphatic rings. The van der Waals surface area contributed by atoms with Gasteiger partial charge in [-0.25, -0.2) is 18.4 Å². The topological polar surface area (TPSA) is 63.6 Å². The molecule has 4 nitrogen and oxygen atoms in total. The molecule has 0 saturated carbocycles. The summed E-state index contributed by atoms with van der Waals surface area (Å²) in [6.45, 7) is 0. The number of carbonyl (C=O) groups is 2. The maximum atomic E-state index is 13.2. The summed E-state index contributed by atoms with van der Waals surface area (Å²) in [7, 11) is 0.960. The summed E-state index contributed by atoms with van der Waals surface area (Å²) in [6, 6.07) is 4.53. The van der Waals surface area contributed by atoms with Crippen LogP contribution in [0.15, 0.2) is 36.4 Å². The minimum absolute atomic E-state index is 0.488. The van der Waals surface area contributed by atoms with E-state index in [1.54, 1.807) is 0 Å². The first-order valence-electron chi connectivity index (χ1n) is 7.24. The standard InChI is InChI=1S/C9H6F4O2.C8H4F4O2/c1-15-8(14)5-3-2-4-6(7(5)10)9(11,12)13;9-6-4(7(13)14)2-1-3-5(6)8(10,11)12/h2-4H,1H3;1-3H,(H,13,14). The average Bonchev–Trinajstić information content (AvgIpc) is 2.59. The molecule has 29 heavy (non-hydrogen) atoms. The van der Waals surface area contributed by atoms with E-state index < -0.39 is 58.2 Å². The highest BCUT2D eigenvalue weighted by atomic mass is 19.4. The number of hydrogen-bond acceptors (Lipinski definition) is 3. The molecule has 2 aromatic carbocycles. The summed E-state index contributed by atoms with van der Waals surface area (Å²) in [6.07, 6.45) is -9.70. The van der Waals surface area contributed by atoms with E-state index in [0.717, 1.165) is 31.4 Å². The van der Waals surface area contributed by atoms with Gasteiger partial charge in [0.15, 0.2) is 0 Å². The Hall–Kier alpha value is -3.18. The van der Waals surface area contributed by atoms with Crippen LogP contribution in [-0.4, -0.2) is 24.2 Å². The first-order valence-corrected chi connectivity index (χ1v) is 7.24. The molecule has 0 atom stereocenters. The highest BCUT2D eigenvalue weighted by Gasteiger charge is 2.36. The number of rotatable bonds is 2. The van der Waals surface area contributed by atoms with Crippen LogP contribution < -0.4 is 0 Å². The summed E-state index contributed by atoms with van der Waals surface area (Å²) >= 11 is 0. The molecular weight excluding hydrogens is 420 g/mol.